The van der Waals surface area contributed by atoms with Gasteiger partial charge in [-0.2, -0.15) is 0 Å². The molecule has 0 N–H and O–H groups in total. The van der Waals surface area contributed by atoms with Crippen molar-refractivity contribution in [3.05, 3.63) is 35.5 Å². The maximum atomic E-state index is 10.6. The van der Waals surface area contributed by atoms with Gasteiger partial charge in [-0.1, -0.05) is 6.92 Å². The second kappa shape index (κ2) is 5.10. The number of carbonyl (C=O) groups excluding carboxylic acids is 1. The zero-order valence-corrected chi connectivity index (χ0v) is 8.24. The highest BCUT2D eigenvalue weighted by Crippen LogP contribution is 2.15. The van der Waals surface area contributed by atoms with Crippen molar-refractivity contribution < 1.29 is 13.9 Å². The molecule has 0 aliphatic carbocycles. The fraction of sp³-hybridized carbons (Fsp3) is 0.273. The van der Waals surface area contributed by atoms with Gasteiger partial charge in [0.15, 0.2) is 0 Å². The van der Waals surface area contributed by atoms with Crippen LogP contribution in [0.25, 0.3) is 6.08 Å². The highest BCUT2D eigenvalue weighted by atomic mass is 16.5. The van der Waals surface area contributed by atoms with E-state index in [-0.39, 0.29) is 0 Å². The predicted molar refractivity (Wildman–Crippen MR) is 53.2 cm³/mol. The van der Waals surface area contributed by atoms with Crippen molar-refractivity contribution in [2.24, 2.45) is 0 Å². The highest BCUT2D eigenvalue weighted by Gasteiger charge is 2.05. The first-order chi connectivity index (χ1) is 6.81. The monoisotopic (exact) mass is 192 g/mol. The fourth-order valence-electron chi connectivity index (χ4n) is 1.07. The van der Waals surface area contributed by atoms with Gasteiger partial charge in [-0.15, -0.1) is 0 Å². The molecule has 14 heavy (non-hydrogen) atoms. The minimum Gasteiger partial charge on any atom is -0.496 e. The zero-order chi connectivity index (χ0) is 10.4. The molecule has 3 heteroatoms. The van der Waals surface area contributed by atoms with Gasteiger partial charge in [0.2, 0.25) is 0 Å². The molecule has 3 nitrogen and oxygen atoms in total. The van der Waals surface area contributed by atoms with Crippen molar-refractivity contribution in [1.29, 1.82) is 0 Å². The van der Waals surface area contributed by atoms with E-state index in [4.69, 9.17) is 9.15 Å². The summed E-state index contributed by atoms with van der Waals surface area (Å²) in [4.78, 5) is 10.6. The molecule has 1 aromatic rings. The summed E-state index contributed by atoms with van der Waals surface area (Å²) in [6.07, 6.45) is 3.82. The van der Waals surface area contributed by atoms with Gasteiger partial charge in [0.25, 0.3) is 0 Å². The van der Waals surface area contributed by atoms with Crippen LogP contribution < -0.4 is 0 Å². The number of allylic oxidation sites excluding steroid dienone is 1. The number of rotatable bonds is 4. The lowest BCUT2D eigenvalue weighted by atomic mass is 10.2. The van der Waals surface area contributed by atoms with Crippen LogP contribution in [-0.2, 0) is 9.53 Å². The van der Waals surface area contributed by atoms with Gasteiger partial charge in [-0.25, -0.2) is 4.79 Å². The highest BCUT2D eigenvalue weighted by molar-refractivity contribution is 5.65. The smallest absolute Gasteiger partial charge is 0.136 e. The van der Waals surface area contributed by atoms with Crippen molar-refractivity contribution in [2.45, 2.75) is 13.3 Å². The maximum absolute atomic E-state index is 10.6. The Bertz CT molecular complexity index is 354. The van der Waals surface area contributed by atoms with E-state index in [9.17, 15) is 4.79 Å². The van der Waals surface area contributed by atoms with Crippen LogP contribution in [0.15, 0.2) is 34.1 Å². The van der Waals surface area contributed by atoms with Crippen LogP contribution in [0.2, 0.25) is 0 Å². The van der Waals surface area contributed by atoms with Crippen molar-refractivity contribution in [1.82, 2.24) is 0 Å². The van der Waals surface area contributed by atoms with E-state index >= 15 is 0 Å². The average molecular weight is 192 g/mol. The Morgan fingerprint density at radius 3 is 2.93 bits per heavy atom. The molecule has 1 rings (SSSR count). The third-order valence-corrected chi connectivity index (χ3v) is 1.81. The van der Waals surface area contributed by atoms with E-state index in [0.717, 1.165) is 0 Å². The van der Waals surface area contributed by atoms with Crippen LogP contribution in [0, 0.1) is 0 Å². The van der Waals surface area contributed by atoms with Crippen LogP contribution in [-0.4, -0.2) is 13.1 Å². The Hall–Kier alpha value is -1.73. The topological polar surface area (TPSA) is 39.4 Å². The van der Waals surface area contributed by atoms with Gasteiger partial charge in [0, 0.05) is 6.08 Å². The first-order valence-corrected chi connectivity index (χ1v) is 4.35. The number of hydrogen-bond acceptors (Lipinski definition) is 3. The lowest BCUT2D eigenvalue weighted by Gasteiger charge is -2.03. The number of furan rings is 1. The molecule has 1 heterocycles. The van der Waals surface area contributed by atoms with E-state index in [0.29, 0.717) is 23.5 Å². The molecule has 0 radical (unpaired) electrons. The lowest BCUT2D eigenvalue weighted by molar-refractivity contribution is 0.302. The van der Waals surface area contributed by atoms with E-state index < -0.39 is 0 Å². The van der Waals surface area contributed by atoms with E-state index in [2.05, 4.69) is 0 Å². The molecule has 0 aliphatic heterocycles. The van der Waals surface area contributed by atoms with Gasteiger partial charge in [0.1, 0.15) is 17.5 Å². The molecule has 0 saturated carbocycles. The van der Waals surface area contributed by atoms with Gasteiger partial charge in [-0.3, -0.25) is 0 Å². The summed E-state index contributed by atoms with van der Waals surface area (Å²) in [6.45, 7) is 1.87. The van der Waals surface area contributed by atoms with E-state index in [1.165, 1.54) is 7.11 Å². The third kappa shape index (κ3) is 2.38. The van der Waals surface area contributed by atoms with Crippen molar-refractivity contribution in [2.75, 3.05) is 7.11 Å². The molecule has 0 atom stereocenters. The minimum atomic E-state index is 0.498. The number of methoxy groups -OCH3 is 1. The van der Waals surface area contributed by atoms with Gasteiger partial charge < -0.3 is 9.15 Å². The van der Waals surface area contributed by atoms with Gasteiger partial charge in [0.05, 0.1) is 18.9 Å². The average Bonchev–Trinajstić information content (AvgIpc) is 2.70. The molecule has 1 aromatic heterocycles. The summed E-state index contributed by atoms with van der Waals surface area (Å²) in [7, 11) is 1.52. The Morgan fingerprint density at radius 2 is 2.50 bits per heavy atom. The molecule has 0 aliphatic rings. The molecule has 0 amide bonds. The van der Waals surface area contributed by atoms with Gasteiger partial charge >= 0.3 is 0 Å². The first kappa shape index (κ1) is 10.4. The SMILES string of the molecule is CCC(=C=O)/C(=C\c1ccco1)OC. The molecule has 0 fully saturated rings. The van der Waals surface area contributed by atoms with Crippen LogP contribution in [0.5, 0.6) is 0 Å². The first-order valence-electron chi connectivity index (χ1n) is 4.35. The Morgan fingerprint density at radius 1 is 1.71 bits per heavy atom. The quantitative estimate of drug-likeness (QED) is 0.418. The van der Waals surface area contributed by atoms with Gasteiger partial charge in [-0.05, 0) is 18.6 Å². The predicted octanol–water partition coefficient (Wildman–Crippen LogP) is 2.43. The van der Waals surface area contributed by atoms with Crippen molar-refractivity contribution in [3.63, 3.8) is 0 Å². The molecule has 0 unspecified atom stereocenters. The number of ether oxygens (including phenoxy) is 1. The van der Waals surface area contributed by atoms with Crippen LogP contribution >= 0.6 is 0 Å². The summed E-state index contributed by atoms with van der Waals surface area (Å²) in [5.41, 5.74) is 0.504. The third-order valence-electron chi connectivity index (χ3n) is 1.81. The second-order valence-corrected chi connectivity index (χ2v) is 2.66. The lowest BCUT2D eigenvalue weighted by Crippen LogP contribution is -1.92. The molecule has 0 bridgehead atoms. The molecule has 0 spiro atoms. The Balaban J connectivity index is 2.97. The number of hydrogen-bond donors (Lipinski definition) is 0. The van der Waals surface area contributed by atoms with Crippen LogP contribution in [0.1, 0.15) is 19.1 Å². The van der Waals surface area contributed by atoms with Crippen molar-refractivity contribution in [3.8, 4) is 0 Å². The van der Waals surface area contributed by atoms with E-state index in [1.807, 2.05) is 12.9 Å². The summed E-state index contributed by atoms with van der Waals surface area (Å²) in [6, 6.07) is 3.56. The molecule has 0 saturated heterocycles. The zero-order valence-electron chi connectivity index (χ0n) is 8.24. The Labute approximate surface area is 82.7 Å². The van der Waals surface area contributed by atoms with E-state index in [1.54, 1.807) is 24.5 Å². The molecule has 74 valence electrons. The molecule has 0 aromatic carbocycles. The Kier molecular flexibility index (Phi) is 3.77. The standard InChI is InChI=1S/C11H12O3/c1-3-9(8-12)11(13-2)7-10-5-4-6-14-10/h4-7H,3H2,1-2H3/b11-7+. The van der Waals surface area contributed by atoms with Crippen molar-refractivity contribution >= 4 is 12.0 Å². The summed E-state index contributed by atoms with van der Waals surface area (Å²) >= 11 is 0. The van der Waals surface area contributed by atoms with Crippen LogP contribution in [0.3, 0.4) is 0 Å². The second-order valence-electron chi connectivity index (χ2n) is 2.66. The largest absolute Gasteiger partial charge is 0.496 e. The molecular weight excluding hydrogens is 180 g/mol. The summed E-state index contributed by atoms with van der Waals surface area (Å²) in [5, 5.41) is 0. The van der Waals surface area contributed by atoms with Crippen LogP contribution in [0.4, 0.5) is 0 Å². The summed E-state index contributed by atoms with van der Waals surface area (Å²) in [5.74, 6) is 3.00. The maximum Gasteiger partial charge on any atom is 0.136 e. The molecular formula is C11H12O3. The summed E-state index contributed by atoms with van der Waals surface area (Å²) < 4.78 is 10.2. The fourth-order valence-corrected chi connectivity index (χ4v) is 1.07. The normalized spacial score (nSPS) is 10.9. The minimum absolute atomic E-state index is 0.498.